The monoisotopic (exact) mass is 347 g/mol. The van der Waals surface area contributed by atoms with E-state index in [4.69, 9.17) is 9.78 Å². The maximum absolute atomic E-state index is 12.2. The third-order valence-corrected chi connectivity index (χ3v) is 4.25. The average molecular weight is 347 g/mol. The van der Waals surface area contributed by atoms with E-state index in [1.165, 1.54) is 37.4 Å². The Kier molecular flexibility index (Phi) is 4.71. The van der Waals surface area contributed by atoms with Crippen LogP contribution in [-0.4, -0.2) is 30.8 Å². The summed E-state index contributed by atoms with van der Waals surface area (Å²) in [7, 11) is -3.35. The summed E-state index contributed by atoms with van der Waals surface area (Å²) < 4.78 is 27.6. The Labute approximate surface area is 137 Å². The SMILES string of the molecule is Cc1oncc1/C(O)=C(\C#N)C(=O)Nc1ccc(S(C)(=O)=O)cc1. The van der Waals surface area contributed by atoms with Gasteiger partial charge < -0.3 is 14.9 Å². The first-order valence-corrected chi connectivity index (χ1v) is 8.49. The molecule has 0 aliphatic rings. The second-order valence-corrected chi connectivity index (χ2v) is 6.90. The maximum Gasteiger partial charge on any atom is 0.270 e. The van der Waals surface area contributed by atoms with Crippen molar-refractivity contribution in [2.45, 2.75) is 11.8 Å². The molecule has 2 rings (SSSR count). The van der Waals surface area contributed by atoms with Gasteiger partial charge in [-0.2, -0.15) is 5.26 Å². The summed E-state index contributed by atoms with van der Waals surface area (Å²) in [6.07, 6.45) is 2.26. The minimum Gasteiger partial charge on any atom is -0.506 e. The molecule has 0 spiro atoms. The van der Waals surface area contributed by atoms with Gasteiger partial charge in [-0.15, -0.1) is 0 Å². The Morgan fingerprint density at radius 3 is 2.42 bits per heavy atom. The molecule has 2 N–H and O–H groups in total. The van der Waals surface area contributed by atoms with E-state index >= 15 is 0 Å². The zero-order valence-electron chi connectivity index (χ0n) is 12.8. The number of amides is 1. The van der Waals surface area contributed by atoms with Gasteiger partial charge in [0.05, 0.1) is 16.7 Å². The fourth-order valence-corrected chi connectivity index (χ4v) is 2.48. The number of aryl methyl sites for hydroxylation is 1. The number of rotatable bonds is 4. The van der Waals surface area contributed by atoms with Crippen LogP contribution >= 0.6 is 0 Å². The Morgan fingerprint density at radius 1 is 1.33 bits per heavy atom. The molecule has 1 amide bonds. The molecule has 9 heteroatoms. The third kappa shape index (κ3) is 3.61. The number of aliphatic hydroxyl groups excluding tert-OH is 1. The lowest BCUT2D eigenvalue weighted by Crippen LogP contribution is -2.15. The van der Waals surface area contributed by atoms with E-state index in [-0.39, 0.29) is 21.9 Å². The topological polar surface area (TPSA) is 133 Å². The van der Waals surface area contributed by atoms with E-state index in [0.717, 1.165) is 6.26 Å². The quantitative estimate of drug-likeness (QED) is 0.489. The smallest absolute Gasteiger partial charge is 0.270 e. The summed E-state index contributed by atoms with van der Waals surface area (Å²) >= 11 is 0. The number of aliphatic hydroxyl groups is 1. The lowest BCUT2D eigenvalue weighted by Gasteiger charge is -2.06. The fraction of sp³-hybridized carbons (Fsp3) is 0.133. The number of benzene rings is 1. The van der Waals surface area contributed by atoms with Crippen LogP contribution in [0.15, 0.2) is 45.5 Å². The molecule has 1 heterocycles. The van der Waals surface area contributed by atoms with Crippen molar-refractivity contribution in [1.29, 1.82) is 5.26 Å². The highest BCUT2D eigenvalue weighted by Gasteiger charge is 2.20. The summed E-state index contributed by atoms with van der Waals surface area (Å²) in [5.41, 5.74) is -0.113. The van der Waals surface area contributed by atoms with Crippen molar-refractivity contribution in [3.05, 3.63) is 47.4 Å². The number of carbonyl (C=O) groups excluding carboxylic acids is 1. The normalized spacial score (nSPS) is 12.2. The highest BCUT2D eigenvalue weighted by Crippen LogP contribution is 2.21. The van der Waals surface area contributed by atoms with E-state index in [0.29, 0.717) is 0 Å². The number of hydrogen-bond acceptors (Lipinski definition) is 7. The van der Waals surface area contributed by atoms with Gasteiger partial charge in [0.1, 0.15) is 11.8 Å². The van der Waals surface area contributed by atoms with E-state index in [1.54, 1.807) is 6.07 Å². The second-order valence-electron chi connectivity index (χ2n) is 4.88. The molecule has 0 aliphatic heterocycles. The van der Waals surface area contributed by atoms with Crippen LogP contribution in [-0.2, 0) is 14.6 Å². The van der Waals surface area contributed by atoms with E-state index in [1.807, 2.05) is 0 Å². The number of carbonyl (C=O) groups is 1. The van der Waals surface area contributed by atoms with Gasteiger partial charge in [-0.25, -0.2) is 8.42 Å². The molecule has 2 aromatic rings. The lowest BCUT2D eigenvalue weighted by molar-refractivity contribution is -0.112. The van der Waals surface area contributed by atoms with Crippen LogP contribution < -0.4 is 5.32 Å². The van der Waals surface area contributed by atoms with Crippen LogP contribution in [0.2, 0.25) is 0 Å². The molecule has 8 nitrogen and oxygen atoms in total. The number of nitrogens with zero attached hydrogens (tertiary/aromatic N) is 2. The van der Waals surface area contributed by atoms with E-state index in [9.17, 15) is 18.3 Å². The number of aromatic nitrogens is 1. The summed E-state index contributed by atoms with van der Waals surface area (Å²) in [6, 6.07) is 7.03. The molecule has 0 bridgehead atoms. The first-order valence-electron chi connectivity index (χ1n) is 6.60. The number of hydrogen-bond donors (Lipinski definition) is 2. The van der Waals surface area contributed by atoms with Crippen LogP contribution in [0.3, 0.4) is 0 Å². The van der Waals surface area contributed by atoms with Gasteiger partial charge in [0.2, 0.25) is 0 Å². The minimum absolute atomic E-state index is 0.0968. The van der Waals surface area contributed by atoms with Gasteiger partial charge in [0.25, 0.3) is 5.91 Å². The molecule has 1 aromatic carbocycles. The lowest BCUT2D eigenvalue weighted by atomic mass is 10.1. The van der Waals surface area contributed by atoms with E-state index < -0.39 is 27.1 Å². The standard InChI is InChI=1S/C15H13N3O5S/c1-9-13(8-17-23-9)14(19)12(7-16)15(20)18-10-3-5-11(6-4-10)24(2,21)22/h3-6,8,19H,1-2H3,(H,18,20)/b14-12-. The molecule has 0 fully saturated rings. The minimum atomic E-state index is -3.35. The predicted molar refractivity (Wildman–Crippen MR) is 84.6 cm³/mol. The molecule has 24 heavy (non-hydrogen) atoms. The fourth-order valence-electron chi connectivity index (χ4n) is 1.85. The highest BCUT2D eigenvalue weighted by atomic mass is 32.2. The molecule has 0 atom stereocenters. The van der Waals surface area contributed by atoms with Gasteiger partial charge in [-0.05, 0) is 31.2 Å². The van der Waals surface area contributed by atoms with Crippen molar-refractivity contribution in [1.82, 2.24) is 5.16 Å². The molecule has 0 radical (unpaired) electrons. The van der Waals surface area contributed by atoms with Crippen LogP contribution in [0, 0.1) is 18.3 Å². The van der Waals surface area contributed by atoms with Crippen molar-refractivity contribution in [3.63, 3.8) is 0 Å². The Bertz CT molecular complexity index is 950. The van der Waals surface area contributed by atoms with Gasteiger partial charge in [-0.3, -0.25) is 4.79 Å². The van der Waals surface area contributed by atoms with Crippen LogP contribution in [0.25, 0.3) is 5.76 Å². The number of nitriles is 1. The molecule has 1 aromatic heterocycles. The van der Waals surface area contributed by atoms with Crippen molar-refractivity contribution < 1.29 is 22.8 Å². The van der Waals surface area contributed by atoms with Crippen LogP contribution in [0.1, 0.15) is 11.3 Å². The van der Waals surface area contributed by atoms with Gasteiger partial charge in [0, 0.05) is 11.9 Å². The molecular weight excluding hydrogens is 334 g/mol. The number of anilines is 1. The summed E-state index contributed by atoms with van der Waals surface area (Å²) in [5.74, 6) is -1.14. The van der Waals surface area contributed by atoms with Gasteiger partial charge >= 0.3 is 0 Å². The predicted octanol–water partition coefficient (Wildman–Crippen LogP) is 1.82. The van der Waals surface area contributed by atoms with Crippen molar-refractivity contribution in [3.8, 4) is 6.07 Å². The maximum atomic E-state index is 12.2. The highest BCUT2D eigenvalue weighted by molar-refractivity contribution is 7.90. The van der Waals surface area contributed by atoms with Crippen molar-refractivity contribution >= 4 is 27.2 Å². The molecule has 0 unspecified atom stereocenters. The number of nitrogens with one attached hydrogen (secondary N) is 1. The van der Waals surface area contributed by atoms with Gasteiger partial charge in [0.15, 0.2) is 21.2 Å². The van der Waals surface area contributed by atoms with E-state index in [2.05, 4.69) is 10.5 Å². The number of sulfone groups is 1. The molecule has 124 valence electrons. The van der Waals surface area contributed by atoms with Crippen molar-refractivity contribution in [2.24, 2.45) is 0 Å². The zero-order valence-corrected chi connectivity index (χ0v) is 13.6. The second kappa shape index (κ2) is 6.55. The zero-order chi connectivity index (χ0) is 17.9. The summed E-state index contributed by atoms with van der Waals surface area (Å²) in [6.45, 7) is 1.52. The largest absolute Gasteiger partial charge is 0.506 e. The molecule has 0 saturated heterocycles. The first-order chi connectivity index (χ1) is 11.2. The summed E-state index contributed by atoms with van der Waals surface area (Å²) in [4.78, 5) is 12.2. The first kappa shape index (κ1) is 17.2. The molecule has 0 aliphatic carbocycles. The Balaban J connectivity index is 2.28. The molecular formula is C15H13N3O5S. The van der Waals surface area contributed by atoms with Crippen LogP contribution in [0.4, 0.5) is 5.69 Å². The average Bonchev–Trinajstić information content (AvgIpc) is 2.93. The summed E-state index contributed by atoms with van der Waals surface area (Å²) in [5, 5.41) is 25.1. The van der Waals surface area contributed by atoms with Crippen molar-refractivity contribution in [2.75, 3.05) is 11.6 Å². The Morgan fingerprint density at radius 2 is 1.96 bits per heavy atom. The Hall–Kier alpha value is -3.12. The van der Waals surface area contributed by atoms with Crippen LogP contribution in [0.5, 0.6) is 0 Å². The van der Waals surface area contributed by atoms with Gasteiger partial charge in [-0.1, -0.05) is 5.16 Å². The third-order valence-electron chi connectivity index (χ3n) is 3.12. The molecule has 0 saturated carbocycles.